The van der Waals surface area contributed by atoms with E-state index >= 15 is 0 Å². The standard InChI is InChI=1S/C12H21NO10/c1-22-11(20)12(21)6(4(16)2-14)9(19)7(13)10(23-12)8(18)5(17)3-15/h5-10,14-15,17-19,21H,2-3,13H2,1H3/t5-,6?,7-,8-,9+,10-,12?/m1/s1. The zero-order valence-electron chi connectivity index (χ0n) is 12.3. The molecular formula is C12H21NO10. The van der Waals surface area contributed by atoms with Gasteiger partial charge in [0.05, 0.1) is 25.9 Å². The first-order chi connectivity index (χ1) is 10.6. The molecule has 1 heterocycles. The van der Waals surface area contributed by atoms with Gasteiger partial charge in [-0.1, -0.05) is 0 Å². The summed E-state index contributed by atoms with van der Waals surface area (Å²) in [5, 5.41) is 57.6. The quantitative estimate of drug-likeness (QED) is 0.228. The van der Waals surface area contributed by atoms with Crippen molar-refractivity contribution in [3.63, 3.8) is 0 Å². The summed E-state index contributed by atoms with van der Waals surface area (Å²) in [6, 6.07) is -1.52. The van der Waals surface area contributed by atoms with E-state index in [1.165, 1.54) is 0 Å². The predicted octanol–water partition coefficient (Wildman–Crippen LogP) is -5.17. The smallest absolute Gasteiger partial charge is 0.367 e. The molecule has 134 valence electrons. The molecule has 11 nitrogen and oxygen atoms in total. The number of ketones is 1. The van der Waals surface area contributed by atoms with Gasteiger partial charge in [0, 0.05) is 0 Å². The van der Waals surface area contributed by atoms with E-state index in [1.54, 1.807) is 0 Å². The lowest BCUT2D eigenvalue weighted by Crippen LogP contribution is -2.72. The average molecular weight is 339 g/mol. The highest BCUT2D eigenvalue weighted by Crippen LogP contribution is 2.35. The molecule has 11 heteroatoms. The van der Waals surface area contributed by atoms with Crippen molar-refractivity contribution in [2.75, 3.05) is 20.3 Å². The molecule has 0 amide bonds. The Bertz CT molecular complexity index is 446. The van der Waals surface area contributed by atoms with Crippen molar-refractivity contribution in [2.45, 2.75) is 36.2 Å². The number of nitrogens with two attached hydrogens (primary N) is 1. The van der Waals surface area contributed by atoms with E-state index in [0.717, 1.165) is 7.11 Å². The minimum absolute atomic E-state index is 0.874. The molecule has 0 bridgehead atoms. The highest BCUT2D eigenvalue weighted by molar-refractivity contribution is 5.91. The van der Waals surface area contributed by atoms with E-state index in [0.29, 0.717) is 0 Å². The van der Waals surface area contributed by atoms with Crippen molar-refractivity contribution in [1.82, 2.24) is 0 Å². The molecule has 1 rings (SSSR count). The fourth-order valence-corrected chi connectivity index (χ4v) is 2.46. The number of hydrogen-bond donors (Lipinski definition) is 7. The number of aliphatic hydroxyl groups is 6. The second kappa shape index (κ2) is 7.59. The van der Waals surface area contributed by atoms with Crippen molar-refractivity contribution >= 4 is 11.8 Å². The fraction of sp³-hybridized carbons (Fsp3) is 0.833. The molecule has 0 aromatic rings. The van der Waals surface area contributed by atoms with Gasteiger partial charge in [0.1, 0.15) is 30.8 Å². The van der Waals surface area contributed by atoms with E-state index < -0.39 is 67.1 Å². The first-order valence-electron chi connectivity index (χ1n) is 6.68. The second-order valence-corrected chi connectivity index (χ2v) is 5.18. The van der Waals surface area contributed by atoms with Crippen LogP contribution in [0.15, 0.2) is 0 Å². The van der Waals surface area contributed by atoms with Gasteiger partial charge in [-0.15, -0.1) is 0 Å². The summed E-state index contributed by atoms with van der Waals surface area (Å²) in [7, 11) is 0.874. The molecule has 0 saturated carbocycles. The minimum Gasteiger partial charge on any atom is -0.465 e. The van der Waals surface area contributed by atoms with Crippen molar-refractivity contribution in [1.29, 1.82) is 0 Å². The van der Waals surface area contributed by atoms with Crippen molar-refractivity contribution in [3.8, 4) is 0 Å². The van der Waals surface area contributed by atoms with Crippen molar-refractivity contribution < 1.29 is 49.7 Å². The molecule has 8 N–H and O–H groups in total. The summed E-state index contributed by atoms with van der Waals surface area (Å²) in [6.45, 7) is -2.01. The number of esters is 1. The number of Topliss-reactive ketones (excluding diaryl/α,β-unsaturated/α-hetero) is 1. The number of aliphatic hydroxyl groups excluding tert-OH is 5. The summed E-state index contributed by atoms with van der Waals surface area (Å²) >= 11 is 0. The maximum atomic E-state index is 11.8. The van der Waals surface area contributed by atoms with Crippen molar-refractivity contribution in [2.24, 2.45) is 11.7 Å². The largest absolute Gasteiger partial charge is 0.465 e. The van der Waals surface area contributed by atoms with Crippen molar-refractivity contribution in [3.05, 3.63) is 0 Å². The Kier molecular flexibility index (Phi) is 6.56. The van der Waals surface area contributed by atoms with Crippen LogP contribution < -0.4 is 5.73 Å². The normalized spacial score (nSPS) is 37.0. The number of carbonyl (C=O) groups is 2. The van der Waals surface area contributed by atoms with Crippen LogP contribution >= 0.6 is 0 Å². The third kappa shape index (κ3) is 3.51. The van der Waals surface area contributed by atoms with E-state index in [1.807, 2.05) is 0 Å². The van der Waals surface area contributed by atoms with E-state index in [-0.39, 0.29) is 0 Å². The number of carbonyl (C=O) groups excluding carboxylic acids is 2. The Morgan fingerprint density at radius 1 is 1.35 bits per heavy atom. The van der Waals surface area contributed by atoms with Crippen LogP contribution in [0, 0.1) is 5.92 Å². The zero-order valence-corrected chi connectivity index (χ0v) is 12.3. The Morgan fingerprint density at radius 3 is 2.35 bits per heavy atom. The number of rotatable bonds is 6. The monoisotopic (exact) mass is 339 g/mol. The first kappa shape index (κ1) is 19.9. The molecular weight excluding hydrogens is 318 g/mol. The molecule has 1 fully saturated rings. The van der Waals surface area contributed by atoms with Gasteiger partial charge >= 0.3 is 5.97 Å². The van der Waals surface area contributed by atoms with Gasteiger partial charge in [-0.05, 0) is 0 Å². The van der Waals surface area contributed by atoms with E-state index in [9.17, 15) is 30.0 Å². The molecule has 1 aliphatic heterocycles. The summed E-state index contributed by atoms with van der Waals surface area (Å²) < 4.78 is 9.30. The maximum Gasteiger partial charge on any atom is 0.367 e. The third-order valence-electron chi connectivity index (χ3n) is 3.75. The summed E-state index contributed by atoms with van der Waals surface area (Å²) in [5.74, 6) is -7.61. The molecule has 2 unspecified atom stereocenters. The Hall–Kier alpha value is -1.18. The van der Waals surface area contributed by atoms with Crippen LogP contribution in [0.1, 0.15) is 0 Å². The Labute approximate surface area is 130 Å². The summed E-state index contributed by atoms with van der Waals surface area (Å²) in [4.78, 5) is 23.6. The summed E-state index contributed by atoms with van der Waals surface area (Å²) in [5.41, 5.74) is 5.64. The Balaban J connectivity index is 3.27. The lowest BCUT2D eigenvalue weighted by Gasteiger charge is -2.47. The molecule has 23 heavy (non-hydrogen) atoms. The molecule has 0 radical (unpaired) electrons. The lowest BCUT2D eigenvalue weighted by atomic mass is 9.78. The SMILES string of the molecule is COC(=O)C1(O)O[C@@H]([C@H](O)[C@H](O)CO)[C@H](N)[C@@H](O)C1C(=O)CO. The lowest BCUT2D eigenvalue weighted by molar-refractivity contribution is -0.313. The zero-order chi connectivity index (χ0) is 17.9. The van der Waals surface area contributed by atoms with Gasteiger partial charge in [0.15, 0.2) is 5.78 Å². The van der Waals surface area contributed by atoms with Gasteiger partial charge in [0.2, 0.25) is 0 Å². The molecule has 0 aromatic heterocycles. The molecule has 0 aliphatic carbocycles. The van der Waals surface area contributed by atoms with Gasteiger partial charge in [-0.3, -0.25) is 4.79 Å². The molecule has 1 aliphatic rings. The topological polar surface area (TPSA) is 200 Å². The van der Waals surface area contributed by atoms with Crippen LogP contribution in [0.25, 0.3) is 0 Å². The van der Waals surface area contributed by atoms with Crippen LogP contribution in [0.4, 0.5) is 0 Å². The third-order valence-corrected chi connectivity index (χ3v) is 3.75. The van der Waals surface area contributed by atoms with Gasteiger partial charge in [-0.2, -0.15) is 0 Å². The number of methoxy groups -OCH3 is 1. The van der Waals surface area contributed by atoms with Gasteiger partial charge in [0.25, 0.3) is 5.79 Å². The van der Waals surface area contributed by atoms with Crippen LogP contribution in [-0.2, 0) is 19.1 Å². The van der Waals surface area contributed by atoms with Gasteiger partial charge in [-0.25, -0.2) is 4.79 Å². The maximum absolute atomic E-state index is 11.8. The molecule has 0 spiro atoms. The van der Waals surface area contributed by atoms with Crippen LogP contribution in [0.2, 0.25) is 0 Å². The van der Waals surface area contributed by atoms with E-state index in [4.69, 9.17) is 20.7 Å². The van der Waals surface area contributed by atoms with E-state index in [2.05, 4.69) is 4.74 Å². The van der Waals surface area contributed by atoms with Crippen LogP contribution in [0.5, 0.6) is 0 Å². The molecule has 0 aromatic carbocycles. The van der Waals surface area contributed by atoms with Crippen LogP contribution in [-0.4, -0.2) is 99.0 Å². The number of hydrogen-bond acceptors (Lipinski definition) is 11. The first-order valence-corrected chi connectivity index (χ1v) is 6.68. The summed E-state index contributed by atoms with van der Waals surface area (Å²) in [6.07, 6.45) is -7.24. The fourth-order valence-electron chi connectivity index (χ4n) is 2.46. The number of ether oxygens (including phenoxy) is 2. The average Bonchev–Trinajstić information content (AvgIpc) is 2.55. The van der Waals surface area contributed by atoms with Gasteiger partial charge < -0.3 is 45.8 Å². The highest BCUT2D eigenvalue weighted by Gasteiger charge is 2.62. The minimum atomic E-state index is -3.04. The molecule has 1 saturated heterocycles. The predicted molar refractivity (Wildman–Crippen MR) is 70.5 cm³/mol. The second-order valence-electron chi connectivity index (χ2n) is 5.18. The highest BCUT2D eigenvalue weighted by atomic mass is 16.7. The van der Waals surface area contributed by atoms with Crippen LogP contribution in [0.3, 0.4) is 0 Å². The Morgan fingerprint density at radius 2 is 1.91 bits per heavy atom. The molecule has 7 atom stereocenters.